The van der Waals surface area contributed by atoms with Gasteiger partial charge in [-0.15, -0.1) is 0 Å². The Bertz CT molecular complexity index is 1120. The minimum atomic E-state index is 0.231. The van der Waals surface area contributed by atoms with Crippen molar-refractivity contribution < 1.29 is 14.6 Å². The summed E-state index contributed by atoms with van der Waals surface area (Å²) in [5, 5.41) is 17.4. The van der Waals surface area contributed by atoms with E-state index in [9.17, 15) is 5.11 Å². The van der Waals surface area contributed by atoms with Gasteiger partial charge in [0.2, 0.25) is 6.79 Å². The fourth-order valence-corrected chi connectivity index (χ4v) is 3.11. The highest BCUT2D eigenvalue weighted by atomic mass is 16.7. The second-order valence-electron chi connectivity index (χ2n) is 6.21. The van der Waals surface area contributed by atoms with Gasteiger partial charge in [0, 0.05) is 18.3 Å². The van der Waals surface area contributed by atoms with Gasteiger partial charge in [0.05, 0.1) is 6.20 Å². The first-order valence-corrected chi connectivity index (χ1v) is 8.52. The molecule has 0 saturated carbocycles. The number of hydrogen-bond acceptors (Lipinski definition) is 6. The smallest absolute Gasteiger partial charge is 0.231 e. The van der Waals surface area contributed by atoms with Crippen LogP contribution in [0.1, 0.15) is 5.56 Å². The number of rotatable bonds is 4. The average molecular weight is 360 g/mol. The SMILES string of the molecule is Oc1ccc(-c2cnn3c(NCc4ccc5c(c4)OCO5)ccnc23)cc1. The van der Waals surface area contributed by atoms with Gasteiger partial charge in [0.1, 0.15) is 11.6 Å². The zero-order valence-electron chi connectivity index (χ0n) is 14.3. The van der Waals surface area contributed by atoms with Crippen LogP contribution in [0.25, 0.3) is 16.8 Å². The first-order valence-electron chi connectivity index (χ1n) is 8.52. The van der Waals surface area contributed by atoms with E-state index in [0.29, 0.717) is 6.54 Å². The van der Waals surface area contributed by atoms with Crippen LogP contribution in [0.5, 0.6) is 17.2 Å². The lowest BCUT2D eigenvalue weighted by Crippen LogP contribution is -2.05. The van der Waals surface area contributed by atoms with Gasteiger partial charge in [-0.2, -0.15) is 9.61 Å². The number of aromatic nitrogens is 3. The summed E-state index contributed by atoms with van der Waals surface area (Å²) in [6.45, 7) is 0.884. The molecule has 0 amide bonds. The van der Waals surface area contributed by atoms with E-state index in [1.54, 1.807) is 29.0 Å². The van der Waals surface area contributed by atoms with Crippen LogP contribution >= 0.6 is 0 Å². The van der Waals surface area contributed by atoms with Crippen LogP contribution in [0, 0.1) is 0 Å². The zero-order chi connectivity index (χ0) is 18.2. The van der Waals surface area contributed by atoms with E-state index in [0.717, 1.165) is 39.7 Å². The molecule has 1 aliphatic rings. The second kappa shape index (κ2) is 6.21. The summed E-state index contributed by atoms with van der Waals surface area (Å²) in [6.07, 6.45) is 3.53. The number of aromatic hydroxyl groups is 1. The molecule has 0 radical (unpaired) electrons. The highest BCUT2D eigenvalue weighted by Crippen LogP contribution is 2.33. The van der Waals surface area contributed by atoms with Crippen LogP contribution in [0.15, 0.2) is 60.9 Å². The Hall–Kier alpha value is -3.74. The summed E-state index contributed by atoms with van der Waals surface area (Å²) < 4.78 is 12.5. The third-order valence-electron chi connectivity index (χ3n) is 4.49. The van der Waals surface area contributed by atoms with Gasteiger partial charge in [-0.3, -0.25) is 0 Å². The number of benzene rings is 2. The lowest BCUT2D eigenvalue weighted by atomic mass is 10.1. The number of phenolic OH excluding ortho intramolecular Hbond substituents is 1. The van der Waals surface area contributed by atoms with Crippen molar-refractivity contribution in [3.05, 3.63) is 66.5 Å². The molecule has 0 saturated heterocycles. The van der Waals surface area contributed by atoms with E-state index >= 15 is 0 Å². The molecule has 3 heterocycles. The van der Waals surface area contributed by atoms with E-state index in [-0.39, 0.29) is 12.5 Å². The molecule has 2 aromatic heterocycles. The maximum absolute atomic E-state index is 9.48. The standard InChI is InChI=1S/C20H16N4O3/c25-15-4-2-14(3-5-15)16-11-23-24-19(7-8-21-20(16)24)22-10-13-1-6-17-18(9-13)27-12-26-17/h1-9,11,22,25H,10,12H2. The van der Waals surface area contributed by atoms with E-state index in [4.69, 9.17) is 9.47 Å². The number of phenols is 1. The molecule has 4 aromatic rings. The summed E-state index contributed by atoms with van der Waals surface area (Å²) in [4.78, 5) is 4.46. The first kappa shape index (κ1) is 15.5. The minimum absolute atomic E-state index is 0.231. The highest BCUT2D eigenvalue weighted by Gasteiger charge is 2.14. The van der Waals surface area contributed by atoms with Crippen molar-refractivity contribution in [2.75, 3.05) is 12.1 Å². The van der Waals surface area contributed by atoms with Crippen molar-refractivity contribution in [1.29, 1.82) is 0 Å². The summed E-state index contributed by atoms with van der Waals surface area (Å²) in [6, 6.07) is 14.8. The molecule has 7 heteroatoms. The van der Waals surface area contributed by atoms with Gasteiger partial charge in [-0.25, -0.2) is 4.98 Å². The average Bonchev–Trinajstić information content (AvgIpc) is 3.33. The minimum Gasteiger partial charge on any atom is -0.508 e. The van der Waals surface area contributed by atoms with Gasteiger partial charge >= 0.3 is 0 Å². The molecule has 1 aliphatic heterocycles. The van der Waals surface area contributed by atoms with Crippen LogP contribution < -0.4 is 14.8 Å². The molecule has 7 nitrogen and oxygen atoms in total. The Balaban J connectivity index is 1.43. The van der Waals surface area contributed by atoms with Gasteiger partial charge in [0.15, 0.2) is 17.1 Å². The van der Waals surface area contributed by atoms with Gasteiger partial charge in [-0.1, -0.05) is 18.2 Å². The Morgan fingerprint density at radius 2 is 1.89 bits per heavy atom. The molecule has 134 valence electrons. The molecule has 0 fully saturated rings. The molecular weight excluding hydrogens is 344 g/mol. The normalized spacial score (nSPS) is 12.4. The predicted octanol–water partition coefficient (Wildman–Crippen LogP) is 3.44. The maximum atomic E-state index is 9.48. The van der Waals surface area contributed by atoms with Crippen LogP contribution in [0.3, 0.4) is 0 Å². The van der Waals surface area contributed by atoms with E-state index in [2.05, 4.69) is 15.4 Å². The van der Waals surface area contributed by atoms with E-state index < -0.39 is 0 Å². The largest absolute Gasteiger partial charge is 0.508 e. The number of anilines is 1. The van der Waals surface area contributed by atoms with E-state index in [1.165, 1.54) is 0 Å². The topological polar surface area (TPSA) is 80.9 Å². The summed E-state index contributed by atoms with van der Waals surface area (Å²) in [5.74, 6) is 2.61. The van der Waals surface area contributed by atoms with Crippen molar-refractivity contribution in [2.45, 2.75) is 6.54 Å². The van der Waals surface area contributed by atoms with Crippen LogP contribution in [0.2, 0.25) is 0 Å². The molecule has 2 aromatic carbocycles. The molecule has 0 unspecified atom stereocenters. The maximum Gasteiger partial charge on any atom is 0.231 e. The van der Waals surface area contributed by atoms with Gasteiger partial charge < -0.3 is 19.9 Å². The zero-order valence-corrected chi connectivity index (χ0v) is 14.3. The monoisotopic (exact) mass is 360 g/mol. The number of ether oxygens (including phenoxy) is 2. The van der Waals surface area contributed by atoms with Crippen LogP contribution in [-0.4, -0.2) is 26.5 Å². The number of nitrogens with zero attached hydrogens (tertiary/aromatic N) is 3. The Kier molecular flexibility index (Phi) is 3.57. The molecule has 0 atom stereocenters. The molecule has 2 N–H and O–H groups in total. The third-order valence-corrected chi connectivity index (χ3v) is 4.49. The highest BCUT2D eigenvalue weighted by molar-refractivity contribution is 5.78. The molecule has 0 spiro atoms. The van der Waals surface area contributed by atoms with Crippen LogP contribution in [0.4, 0.5) is 5.82 Å². The predicted molar refractivity (Wildman–Crippen MR) is 100.0 cm³/mol. The molecule has 0 bridgehead atoms. The summed E-state index contributed by atoms with van der Waals surface area (Å²) >= 11 is 0. The number of fused-ring (bicyclic) bond motifs is 2. The van der Waals surface area contributed by atoms with E-state index in [1.807, 2.05) is 36.4 Å². The molecule has 5 rings (SSSR count). The number of nitrogens with one attached hydrogen (secondary N) is 1. The van der Waals surface area contributed by atoms with Crippen molar-refractivity contribution in [1.82, 2.24) is 14.6 Å². The number of hydrogen-bond donors (Lipinski definition) is 2. The van der Waals surface area contributed by atoms with Gasteiger partial charge in [0.25, 0.3) is 0 Å². The Morgan fingerprint density at radius 3 is 2.78 bits per heavy atom. The molecule has 27 heavy (non-hydrogen) atoms. The third kappa shape index (κ3) is 2.79. The Labute approximate surface area is 154 Å². The van der Waals surface area contributed by atoms with Crippen molar-refractivity contribution in [2.24, 2.45) is 0 Å². The first-order chi connectivity index (χ1) is 13.3. The van der Waals surface area contributed by atoms with Gasteiger partial charge in [-0.05, 0) is 41.5 Å². The lowest BCUT2D eigenvalue weighted by Gasteiger charge is -2.09. The quantitative estimate of drug-likeness (QED) is 0.580. The van der Waals surface area contributed by atoms with Crippen molar-refractivity contribution in [3.63, 3.8) is 0 Å². The molecular formula is C20H16N4O3. The fourth-order valence-electron chi connectivity index (χ4n) is 3.11. The lowest BCUT2D eigenvalue weighted by molar-refractivity contribution is 0.174. The van der Waals surface area contributed by atoms with Crippen LogP contribution in [-0.2, 0) is 6.54 Å². The fraction of sp³-hybridized carbons (Fsp3) is 0.100. The molecule has 0 aliphatic carbocycles. The van der Waals surface area contributed by atoms with Crippen molar-refractivity contribution in [3.8, 4) is 28.4 Å². The summed E-state index contributed by atoms with van der Waals surface area (Å²) in [7, 11) is 0. The summed E-state index contributed by atoms with van der Waals surface area (Å²) in [5.41, 5.74) is 3.68. The Morgan fingerprint density at radius 1 is 1.04 bits per heavy atom. The van der Waals surface area contributed by atoms with Crippen molar-refractivity contribution >= 4 is 11.5 Å². The second-order valence-corrected chi connectivity index (χ2v) is 6.21.